The highest BCUT2D eigenvalue weighted by molar-refractivity contribution is 7.99. The first-order valence-corrected chi connectivity index (χ1v) is 9.98. The molecular formula is C21H24N2O4S. The Balaban J connectivity index is 1.50. The molecule has 0 unspecified atom stereocenters. The van der Waals surface area contributed by atoms with Crippen LogP contribution in [0.15, 0.2) is 46.0 Å². The van der Waals surface area contributed by atoms with Crippen LogP contribution in [-0.2, 0) is 0 Å². The largest absolute Gasteiger partial charge is 0.493 e. The lowest BCUT2D eigenvalue weighted by Gasteiger charge is -2.09. The zero-order valence-corrected chi connectivity index (χ0v) is 17.3. The van der Waals surface area contributed by atoms with E-state index >= 15 is 0 Å². The number of methoxy groups -OCH3 is 2. The molecule has 0 aliphatic heterocycles. The van der Waals surface area contributed by atoms with Gasteiger partial charge in [-0.3, -0.25) is 0 Å². The minimum Gasteiger partial charge on any atom is -0.493 e. The minimum atomic E-state index is 0.454. The van der Waals surface area contributed by atoms with Crippen LogP contribution in [0, 0.1) is 13.8 Å². The summed E-state index contributed by atoms with van der Waals surface area (Å²) in [4.78, 5) is 0. The SMILES string of the molecule is COc1ccc(-c2nnc(SCCCOc3cc(C)ccc3C)o2)cc1OC. The number of hydrogen-bond donors (Lipinski definition) is 0. The van der Waals surface area contributed by atoms with Crippen LogP contribution in [0.5, 0.6) is 17.2 Å². The van der Waals surface area contributed by atoms with Gasteiger partial charge in [0.1, 0.15) is 5.75 Å². The first kappa shape index (κ1) is 20.1. The third-order valence-corrected chi connectivity index (χ3v) is 5.06. The van der Waals surface area contributed by atoms with E-state index in [1.165, 1.54) is 17.3 Å². The van der Waals surface area contributed by atoms with Crippen LogP contribution in [0.4, 0.5) is 0 Å². The molecular weight excluding hydrogens is 376 g/mol. The molecule has 0 bridgehead atoms. The minimum absolute atomic E-state index is 0.454. The maximum Gasteiger partial charge on any atom is 0.276 e. The molecule has 0 fully saturated rings. The van der Waals surface area contributed by atoms with Gasteiger partial charge in [0.05, 0.1) is 20.8 Å². The summed E-state index contributed by atoms with van der Waals surface area (Å²) in [5.41, 5.74) is 3.13. The van der Waals surface area contributed by atoms with Crippen LogP contribution in [0.1, 0.15) is 17.5 Å². The predicted octanol–water partition coefficient (Wildman–Crippen LogP) is 4.93. The Morgan fingerprint density at radius 2 is 1.75 bits per heavy atom. The van der Waals surface area contributed by atoms with E-state index < -0.39 is 0 Å². The molecule has 3 rings (SSSR count). The predicted molar refractivity (Wildman–Crippen MR) is 110 cm³/mol. The molecule has 0 saturated carbocycles. The van der Waals surface area contributed by atoms with Crippen molar-refractivity contribution in [1.82, 2.24) is 10.2 Å². The van der Waals surface area contributed by atoms with Gasteiger partial charge in [0.15, 0.2) is 11.5 Å². The van der Waals surface area contributed by atoms with Gasteiger partial charge in [-0.2, -0.15) is 0 Å². The summed E-state index contributed by atoms with van der Waals surface area (Å²) >= 11 is 1.52. The summed E-state index contributed by atoms with van der Waals surface area (Å²) in [7, 11) is 3.19. The highest BCUT2D eigenvalue weighted by Gasteiger charge is 2.12. The summed E-state index contributed by atoms with van der Waals surface area (Å²) < 4.78 is 22.2. The van der Waals surface area contributed by atoms with E-state index in [4.69, 9.17) is 18.6 Å². The molecule has 0 atom stereocenters. The second kappa shape index (κ2) is 9.50. The van der Waals surface area contributed by atoms with Gasteiger partial charge >= 0.3 is 0 Å². The average Bonchev–Trinajstić information content (AvgIpc) is 3.18. The van der Waals surface area contributed by atoms with Crippen LogP contribution in [0.2, 0.25) is 0 Å². The van der Waals surface area contributed by atoms with Gasteiger partial charge in [0.25, 0.3) is 5.22 Å². The zero-order valence-electron chi connectivity index (χ0n) is 16.5. The van der Waals surface area contributed by atoms with Crippen molar-refractivity contribution < 1.29 is 18.6 Å². The van der Waals surface area contributed by atoms with Crippen LogP contribution in [0.25, 0.3) is 11.5 Å². The third-order valence-electron chi connectivity index (χ3n) is 4.15. The smallest absolute Gasteiger partial charge is 0.276 e. The number of nitrogens with zero attached hydrogens (tertiary/aromatic N) is 2. The van der Waals surface area contributed by atoms with E-state index in [9.17, 15) is 0 Å². The fraction of sp³-hybridized carbons (Fsp3) is 0.333. The summed E-state index contributed by atoms with van der Waals surface area (Å²) in [6, 6.07) is 11.7. The standard InChI is InChI=1S/C21H24N2O4S/c1-14-6-7-15(2)18(12-14)26-10-5-11-28-21-23-22-20(27-21)16-8-9-17(24-3)19(13-16)25-4/h6-9,12-13H,5,10-11H2,1-4H3. The van der Waals surface area contributed by atoms with Crippen molar-refractivity contribution in [2.24, 2.45) is 0 Å². The number of hydrogen-bond acceptors (Lipinski definition) is 7. The van der Waals surface area contributed by atoms with Gasteiger partial charge in [-0.15, -0.1) is 10.2 Å². The van der Waals surface area contributed by atoms with Gasteiger partial charge in [-0.05, 0) is 55.7 Å². The number of aromatic nitrogens is 2. The Labute approximate surface area is 169 Å². The first-order valence-electron chi connectivity index (χ1n) is 8.99. The number of aryl methyl sites for hydroxylation is 2. The lowest BCUT2D eigenvalue weighted by Crippen LogP contribution is -2.00. The molecule has 28 heavy (non-hydrogen) atoms. The Morgan fingerprint density at radius 3 is 2.54 bits per heavy atom. The molecule has 0 radical (unpaired) electrons. The van der Waals surface area contributed by atoms with E-state index in [1.807, 2.05) is 18.2 Å². The molecule has 0 saturated heterocycles. The quantitative estimate of drug-likeness (QED) is 0.372. The van der Waals surface area contributed by atoms with E-state index in [2.05, 4.69) is 42.2 Å². The van der Waals surface area contributed by atoms with Crippen LogP contribution in [0.3, 0.4) is 0 Å². The lowest BCUT2D eigenvalue weighted by atomic mass is 10.1. The van der Waals surface area contributed by atoms with Gasteiger partial charge < -0.3 is 18.6 Å². The van der Waals surface area contributed by atoms with Crippen molar-refractivity contribution in [3.05, 3.63) is 47.5 Å². The zero-order chi connectivity index (χ0) is 19.9. The lowest BCUT2D eigenvalue weighted by molar-refractivity contribution is 0.316. The highest BCUT2D eigenvalue weighted by atomic mass is 32.2. The molecule has 0 aliphatic carbocycles. The molecule has 0 aliphatic rings. The molecule has 2 aromatic carbocycles. The molecule has 0 amide bonds. The maximum absolute atomic E-state index is 5.87. The summed E-state index contributed by atoms with van der Waals surface area (Å²) in [5.74, 6) is 3.51. The normalized spacial score (nSPS) is 10.7. The Bertz CT molecular complexity index is 927. The highest BCUT2D eigenvalue weighted by Crippen LogP contribution is 2.32. The van der Waals surface area contributed by atoms with Gasteiger partial charge in [-0.25, -0.2) is 0 Å². The maximum atomic E-state index is 5.87. The van der Waals surface area contributed by atoms with Crippen molar-refractivity contribution in [2.75, 3.05) is 26.6 Å². The first-order chi connectivity index (χ1) is 13.6. The van der Waals surface area contributed by atoms with Gasteiger partial charge in [-0.1, -0.05) is 23.9 Å². The summed E-state index contributed by atoms with van der Waals surface area (Å²) in [5, 5.41) is 8.76. The number of rotatable bonds is 9. The van der Waals surface area contributed by atoms with Crippen LogP contribution < -0.4 is 14.2 Å². The van der Waals surface area contributed by atoms with E-state index in [0.29, 0.717) is 29.2 Å². The Morgan fingerprint density at radius 1 is 0.929 bits per heavy atom. The molecule has 3 aromatic rings. The summed E-state index contributed by atoms with van der Waals surface area (Å²) in [6.07, 6.45) is 0.881. The monoisotopic (exact) mass is 400 g/mol. The molecule has 148 valence electrons. The number of benzene rings is 2. The van der Waals surface area contributed by atoms with Gasteiger partial charge in [0, 0.05) is 11.3 Å². The second-order valence-corrected chi connectivity index (χ2v) is 7.31. The van der Waals surface area contributed by atoms with Crippen LogP contribution in [-0.4, -0.2) is 36.8 Å². The summed E-state index contributed by atoms with van der Waals surface area (Å²) in [6.45, 7) is 4.76. The topological polar surface area (TPSA) is 66.6 Å². The number of thioether (sulfide) groups is 1. The Hall–Kier alpha value is -2.67. The molecule has 1 heterocycles. The number of ether oxygens (including phenoxy) is 3. The molecule has 0 N–H and O–H groups in total. The van der Waals surface area contributed by atoms with Crippen molar-refractivity contribution in [3.63, 3.8) is 0 Å². The average molecular weight is 401 g/mol. The molecule has 6 nitrogen and oxygen atoms in total. The molecule has 0 spiro atoms. The van der Waals surface area contributed by atoms with E-state index in [1.54, 1.807) is 14.2 Å². The van der Waals surface area contributed by atoms with Crippen molar-refractivity contribution >= 4 is 11.8 Å². The van der Waals surface area contributed by atoms with Gasteiger partial charge in [0.2, 0.25) is 5.89 Å². The molecule has 7 heteroatoms. The third kappa shape index (κ3) is 4.98. The van der Waals surface area contributed by atoms with E-state index in [-0.39, 0.29) is 0 Å². The fourth-order valence-electron chi connectivity index (χ4n) is 2.62. The van der Waals surface area contributed by atoms with Crippen LogP contribution >= 0.6 is 11.8 Å². The second-order valence-electron chi connectivity index (χ2n) is 6.26. The fourth-order valence-corrected chi connectivity index (χ4v) is 3.29. The van der Waals surface area contributed by atoms with Crippen molar-refractivity contribution in [1.29, 1.82) is 0 Å². The van der Waals surface area contributed by atoms with Crippen molar-refractivity contribution in [2.45, 2.75) is 25.5 Å². The molecule has 1 aromatic heterocycles. The Kier molecular flexibility index (Phi) is 6.81. The van der Waals surface area contributed by atoms with Crippen molar-refractivity contribution in [3.8, 4) is 28.7 Å². The van der Waals surface area contributed by atoms with E-state index in [0.717, 1.165) is 29.1 Å².